The van der Waals surface area contributed by atoms with Crippen molar-refractivity contribution >= 4 is 17.9 Å². The van der Waals surface area contributed by atoms with Gasteiger partial charge in [0.15, 0.2) is 13.1 Å². The molecule has 0 aliphatic heterocycles. The molecule has 0 rings (SSSR count). The van der Waals surface area contributed by atoms with Gasteiger partial charge in [-0.2, -0.15) is 0 Å². The molecule has 0 bridgehead atoms. The van der Waals surface area contributed by atoms with Crippen molar-refractivity contribution in [2.24, 2.45) is 0 Å². The predicted molar refractivity (Wildman–Crippen MR) is 147 cm³/mol. The van der Waals surface area contributed by atoms with Gasteiger partial charge in [0.05, 0.1) is 12.5 Å². The van der Waals surface area contributed by atoms with Crippen molar-refractivity contribution in [3.05, 3.63) is 12.2 Å². The Morgan fingerprint density at radius 1 is 0.568 bits per heavy atom. The second-order valence-electron chi connectivity index (χ2n) is 10.8. The standard InChI is InChI=1S/C30H55NO6/c1-2-3-4-5-6-7-8-9-10-11-12-13-14-15-16-17-18-19-20-21-22-23-24-31(25-28(32)33,26-29(34)35)27-30(36)37/h13-14H,2-12,15-27H2,1H3,(H2-,32,33,34,35,36,37)/b14-13+. The quantitative estimate of drug-likeness (QED) is 0.0724. The van der Waals surface area contributed by atoms with E-state index >= 15 is 0 Å². The third kappa shape index (κ3) is 24.2. The number of allylic oxidation sites excluding steroid dienone is 2. The molecule has 0 saturated carbocycles. The van der Waals surface area contributed by atoms with E-state index in [1.807, 2.05) is 0 Å². The van der Waals surface area contributed by atoms with E-state index in [4.69, 9.17) is 10.2 Å². The average molecular weight is 526 g/mol. The Morgan fingerprint density at radius 2 is 0.919 bits per heavy atom. The summed E-state index contributed by atoms with van der Waals surface area (Å²) in [5, 5.41) is 29.3. The van der Waals surface area contributed by atoms with Crippen molar-refractivity contribution in [1.29, 1.82) is 0 Å². The Morgan fingerprint density at radius 3 is 1.27 bits per heavy atom. The van der Waals surface area contributed by atoms with Gasteiger partial charge in [0.25, 0.3) is 0 Å². The first kappa shape index (κ1) is 35.1. The third-order valence-corrected chi connectivity index (χ3v) is 7.05. The molecule has 7 nitrogen and oxygen atoms in total. The van der Waals surface area contributed by atoms with E-state index in [9.17, 15) is 19.5 Å². The van der Waals surface area contributed by atoms with Crippen molar-refractivity contribution in [1.82, 2.24) is 0 Å². The van der Waals surface area contributed by atoms with Crippen LogP contribution < -0.4 is 5.11 Å². The minimum Gasteiger partial charge on any atom is -0.544 e. The molecular weight excluding hydrogens is 470 g/mol. The van der Waals surface area contributed by atoms with Gasteiger partial charge in [-0.05, 0) is 38.5 Å². The summed E-state index contributed by atoms with van der Waals surface area (Å²) >= 11 is 0. The van der Waals surface area contributed by atoms with Crippen molar-refractivity contribution in [3.63, 3.8) is 0 Å². The van der Waals surface area contributed by atoms with Gasteiger partial charge in [0.1, 0.15) is 6.54 Å². The molecule has 216 valence electrons. The van der Waals surface area contributed by atoms with E-state index in [0.717, 1.165) is 32.1 Å². The molecule has 0 spiro atoms. The number of carboxylic acids is 3. The van der Waals surface area contributed by atoms with Gasteiger partial charge in [-0.3, -0.25) is 0 Å². The lowest BCUT2D eigenvalue weighted by atomic mass is 10.1. The summed E-state index contributed by atoms with van der Waals surface area (Å²) in [7, 11) is 0. The number of hydrogen-bond acceptors (Lipinski definition) is 4. The van der Waals surface area contributed by atoms with Gasteiger partial charge >= 0.3 is 11.9 Å². The number of carbonyl (C=O) groups is 3. The van der Waals surface area contributed by atoms with Gasteiger partial charge in [0, 0.05) is 0 Å². The lowest BCUT2D eigenvalue weighted by Crippen LogP contribution is -2.59. The Kier molecular flexibility index (Phi) is 23.2. The Balaban J connectivity index is 3.67. The van der Waals surface area contributed by atoms with Crippen LogP contribution in [0.1, 0.15) is 135 Å². The van der Waals surface area contributed by atoms with E-state index < -0.39 is 42.0 Å². The molecule has 0 unspecified atom stereocenters. The fourth-order valence-electron chi connectivity index (χ4n) is 5.01. The molecule has 0 aliphatic carbocycles. The maximum atomic E-state index is 11.2. The normalized spacial score (nSPS) is 11.8. The maximum Gasteiger partial charge on any atom is 0.359 e. The van der Waals surface area contributed by atoms with E-state index in [2.05, 4.69) is 19.1 Å². The van der Waals surface area contributed by atoms with Crippen molar-refractivity contribution in [3.8, 4) is 0 Å². The predicted octanol–water partition coefficient (Wildman–Crippen LogP) is 6.10. The Labute approximate surface area is 225 Å². The summed E-state index contributed by atoms with van der Waals surface area (Å²) in [6.07, 6.45) is 29.2. The van der Waals surface area contributed by atoms with Crippen molar-refractivity contribution in [2.75, 3.05) is 26.2 Å². The number of carboxylic acid groups (broad SMARTS) is 3. The summed E-state index contributed by atoms with van der Waals surface area (Å²) in [5.74, 6) is -3.82. The van der Waals surface area contributed by atoms with Gasteiger partial charge in [0.2, 0.25) is 0 Å². The second kappa shape index (κ2) is 24.4. The molecule has 7 heteroatoms. The molecule has 0 saturated heterocycles. The number of unbranched alkanes of at least 4 members (excludes halogenated alkanes) is 18. The lowest BCUT2D eigenvalue weighted by molar-refractivity contribution is -0.909. The Hall–Kier alpha value is -1.89. The van der Waals surface area contributed by atoms with E-state index in [1.54, 1.807) is 0 Å². The minimum absolute atomic E-state index is 0.220. The summed E-state index contributed by atoms with van der Waals surface area (Å²) in [4.78, 5) is 33.4. The SMILES string of the molecule is CCCCCCCCCCCC/C=C/CCCCCCCCCC[N+](CC(=O)[O-])(CC(=O)O)CC(=O)O. The molecule has 0 fully saturated rings. The zero-order valence-electron chi connectivity index (χ0n) is 23.6. The molecule has 37 heavy (non-hydrogen) atoms. The lowest BCUT2D eigenvalue weighted by Gasteiger charge is -2.36. The van der Waals surface area contributed by atoms with Crippen LogP contribution in [-0.4, -0.2) is 58.8 Å². The monoisotopic (exact) mass is 525 g/mol. The highest BCUT2D eigenvalue weighted by atomic mass is 16.4. The zero-order chi connectivity index (χ0) is 27.6. The maximum absolute atomic E-state index is 11.2. The van der Waals surface area contributed by atoms with Gasteiger partial charge in [-0.25, -0.2) is 9.59 Å². The van der Waals surface area contributed by atoms with E-state index in [1.165, 1.54) is 89.9 Å². The molecule has 0 radical (unpaired) electrons. The van der Waals surface area contributed by atoms with Crippen LogP contribution >= 0.6 is 0 Å². The number of carbonyl (C=O) groups excluding carboxylic acids is 1. The summed E-state index contributed by atoms with van der Waals surface area (Å²) in [6.45, 7) is 0.855. The molecule has 0 heterocycles. The molecule has 0 aliphatic rings. The summed E-state index contributed by atoms with van der Waals surface area (Å²) < 4.78 is -0.500. The van der Waals surface area contributed by atoms with Crippen LogP contribution in [0.3, 0.4) is 0 Å². The number of rotatable bonds is 28. The van der Waals surface area contributed by atoms with Crippen LogP contribution in [-0.2, 0) is 14.4 Å². The van der Waals surface area contributed by atoms with Crippen LogP contribution in [0.2, 0.25) is 0 Å². The first-order valence-electron chi connectivity index (χ1n) is 14.9. The number of nitrogens with zero attached hydrogens (tertiary/aromatic N) is 1. The zero-order valence-corrected chi connectivity index (χ0v) is 23.6. The molecule has 0 amide bonds. The van der Waals surface area contributed by atoms with Crippen molar-refractivity contribution in [2.45, 2.75) is 135 Å². The average Bonchev–Trinajstić information content (AvgIpc) is 2.81. The molecule has 0 atom stereocenters. The van der Waals surface area contributed by atoms with Gasteiger partial charge in [-0.15, -0.1) is 0 Å². The fraction of sp³-hybridized carbons (Fsp3) is 0.833. The highest BCUT2D eigenvalue weighted by molar-refractivity contribution is 5.72. The van der Waals surface area contributed by atoms with E-state index in [-0.39, 0.29) is 6.54 Å². The Bertz CT molecular complexity index is 578. The molecule has 0 aromatic heterocycles. The highest BCUT2D eigenvalue weighted by Crippen LogP contribution is 2.15. The number of quaternary nitrogens is 1. The van der Waals surface area contributed by atoms with Crippen LogP contribution in [0.5, 0.6) is 0 Å². The van der Waals surface area contributed by atoms with E-state index in [0.29, 0.717) is 6.42 Å². The largest absolute Gasteiger partial charge is 0.544 e. The third-order valence-electron chi connectivity index (χ3n) is 7.05. The first-order chi connectivity index (χ1) is 17.8. The van der Waals surface area contributed by atoms with Gasteiger partial charge < -0.3 is 24.6 Å². The number of aliphatic carboxylic acids is 3. The van der Waals surface area contributed by atoms with Crippen LogP contribution in [0.25, 0.3) is 0 Å². The number of hydrogen-bond donors (Lipinski definition) is 2. The fourth-order valence-corrected chi connectivity index (χ4v) is 5.01. The summed E-state index contributed by atoms with van der Waals surface area (Å²) in [6, 6.07) is 0. The van der Waals surface area contributed by atoms with Crippen LogP contribution in [0, 0.1) is 0 Å². The molecule has 0 aromatic carbocycles. The topological polar surface area (TPSA) is 115 Å². The first-order valence-corrected chi connectivity index (χ1v) is 14.9. The molecule has 2 N–H and O–H groups in total. The van der Waals surface area contributed by atoms with Crippen LogP contribution in [0.4, 0.5) is 0 Å². The van der Waals surface area contributed by atoms with Crippen LogP contribution in [0.15, 0.2) is 12.2 Å². The van der Waals surface area contributed by atoms with Crippen molar-refractivity contribution < 1.29 is 34.2 Å². The smallest absolute Gasteiger partial charge is 0.359 e. The molecule has 0 aromatic rings. The highest BCUT2D eigenvalue weighted by Gasteiger charge is 2.33. The second-order valence-corrected chi connectivity index (χ2v) is 10.8. The molecular formula is C30H55NO6. The minimum atomic E-state index is -1.42. The summed E-state index contributed by atoms with van der Waals surface area (Å²) in [5.41, 5.74) is 0. The van der Waals surface area contributed by atoms with Gasteiger partial charge in [-0.1, -0.05) is 109 Å².